The molecular formula is C26H28N2O4. The van der Waals surface area contributed by atoms with Gasteiger partial charge in [0.15, 0.2) is 5.76 Å². The van der Waals surface area contributed by atoms with E-state index in [4.69, 9.17) is 9.15 Å². The summed E-state index contributed by atoms with van der Waals surface area (Å²) < 4.78 is 11.0. The third-order valence-corrected chi connectivity index (χ3v) is 5.70. The van der Waals surface area contributed by atoms with Gasteiger partial charge >= 0.3 is 0 Å². The number of benzene rings is 2. The van der Waals surface area contributed by atoms with Crippen molar-refractivity contribution >= 4 is 17.5 Å². The maximum absolute atomic E-state index is 13.6. The summed E-state index contributed by atoms with van der Waals surface area (Å²) >= 11 is 0. The summed E-state index contributed by atoms with van der Waals surface area (Å²) in [6.45, 7) is 2.48. The highest BCUT2D eigenvalue weighted by atomic mass is 16.5. The fourth-order valence-corrected chi connectivity index (χ4v) is 4.17. The van der Waals surface area contributed by atoms with Crippen molar-refractivity contribution < 1.29 is 18.7 Å². The van der Waals surface area contributed by atoms with Crippen molar-refractivity contribution in [3.05, 3.63) is 84.3 Å². The molecule has 1 aliphatic rings. The molecule has 1 saturated carbocycles. The average Bonchev–Trinajstić information content (AvgIpc) is 3.53. The lowest BCUT2D eigenvalue weighted by molar-refractivity contribution is -0.123. The number of carbonyl (C=O) groups excluding carboxylic acids is 2. The lowest BCUT2D eigenvalue weighted by Gasteiger charge is -2.31. The van der Waals surface area contributed by atoms with E-state index in [1.54, 1.807) is 12.1 Å². The molecule has 0 aliphatic heterocycles. The predicted octanol–water partition coefficient (Wildman–Crippen LogP) is 5.13. The Morgan fingerprint density at radius 2 is 1.75 bits per heavy atom. The fourth-order valence-electron chi connectivity index (χ4n) is 4.17. The zero-order chi connectivity index (χ0) is 22.3. The minimum Gasteiger partial charge on any atom is -0.494 e. The van der Waals surface area contributed by atoms with Crippen molar-refractivity contribution in [2.24, 2.45) is 0 Å². The molecule has 6 heteroatoms. The lowest BCUT2D eigenvalue weighted by atomic mass is 10.0. The van der Waals surface area contributed by atoms with Crippen LogP contribution < -0.4 is 15.0 Å². The van der Waals surface area contributed by atoms with Crippen LogP contribution in [0.1, 0.15) is 54.8 Å². The maximum Gasteiger partial charge on any atom is 0.294 e. The van der Waals surface area contributed by atoms with Crippen molar-refractivity contribution in [3.8, 4) is 5.75 Å². The van der Waals surface area contributed by atoms with E-state index in [1.165, 1.54) is 11.2 Å². The molecule has 1 N–H and O–H groups in total. The van der Waals surface area contributed by atoms with Gasteiger partial charge in [-0.25, -0.2) is 0 Å². The maximum atomic E-state index is 13.6. The topological polar surface area (TPSA) is 71.8 Å². The summed E-state index contributed by atoms with van der Waals surface area (Å²) in [5.41, 5.74) is 1.32. The minimum atomic E-state index is -0.855. The minimum absolute atomic E-state index is 0.129. The van der Waals surface area contributed by atoms with E-state index >= 15 is 0 Å². The molecule has 1 aromatic heterocycles. The quantitative estimate of drug-likeness (QED) is 0.536. The Morgan fingerprint density at radius 1 is 1.03 bits per heavy atom. The van der Waals surface area contributed by atoms with Crippen LogP contribution in [0.15, 0.2) is 77.4 Å². The number of rotatable bonds is 8. The Kier molecular flexibility index (Phi) is 6.90. The molecule has 0 bridgehead atoms. The van der Waals surface area contributed by atoms with E-state index in [0.717, 1.165) is 31.4 Å². The zero-order valence-corrected chi connectivity index (χ0v) is 18.2. The number of furan rings is 1. The molecule has 3 aromatic rings. The first-order valence-corrected chi connectivity index (χ1v) is 11.1. The summed E-state index contributed by atoms with van der Waals surface area (Å²) in [6, 6.07) is 19.1. The lowest BCUT2D eigenvalue weighted by Crippen LogP contribution is -2.46. The van der Waals surface area contributed by atoms with E-state index in [2.05, 4.69) is 5.32 Å². The van der Waals surface area contributed by atoms with Crippen LogP contribution >= 0.6 is 0 Å². The smallest absolute Gasteiger partial charge is 0.294 e. The molecule has 0 spiro atoms. The molecule has 166 valence electrons. The molecule has 1 aliphatic carbocycles. The zero-order valence-electron chi connectivity index (χ0n) is 18.2. The van der Waals surface area contributed by atoms with Crippen LogP contribution in [0.25, 0.3) is 0 Å². The first kappa shape index (κ1) is 21.7. The monoisotopic (exact) mass is 432 g/mol. The highest BCUT2D eigenvalue weighted by molar-refractivity contribution is 6.08. The number of hydrogen-bond acceptors (Lipinski definition) is 4. The van der Waals surface area contributed by atoms with E-state index in [1.807, 2.05) is 61.5 Å². The summed E-state index contributed by atoms with van der Waals surface area (Å²) in [5, 5.41) is 3.17. The normalized spacial score (nSPS) is 14.7. The van der Waals surface area contributed by atoms with Crippen molar-refractivity contribution in [2.45, 2.75) is 44.7 Å². The van der Waals surface area contributed by atoms with Gasteiger partial charge in [0.05, 0.1) is 12.9 Å². The van der Waals surface area contributed by atoms with Crippen molar-refractivity contribution in [1.29, 1.82) is 0 Å². The van der Waals surface area contributed by atoms with Gasteiger partial charge in [-0.15, -0.1) is 0 Å². The van der Waals surface area contributed by atoms with Gasteiger partial charge < -0.3 is 14.5 Å². The van der Waals surface area contributed by atoms with Crippen LogP contribution in [0.2, 0.25) is 0 Å². The van der Waals surface area contributed by atoms with Gasteiger partial charge in [0.2, 0.25) is 5.91 Å². The summed E-state index contributed by atoms with van der Waals surface area (Å²) in [6.07, 6.45) is 5.58. The summed E-state index contributed by atoms with van der Waals surface area (Å²) in [7, 11) is 0. The van der Waals surface area contributed by atoms with Crippen molar-refractivity contribution in [3.63, 3.8) is 0 Å². The highest BCUT2D eigenvalue weighted by Gasteiger charge is 2.35. The Bertz CT molecular complexity index is 1010. The number of nitrogens with zero attached hydrogens (tertiary/aromatic N) is 1. The molecule has 32 heavy (non-hydrogen) atoms. The fraction of sp³-hybridized carbons (Fsp3) is 0.308. The van der Waals surface area contributed by atoms with Crippen LogP contribution in [0.3, 0.4) is 0 Å². The van der Waals surface area contributed by atoms with Crippen molar-refractivity contribution in [2.75, 3.05) is 11.5 Å². The van der Waals surface area contributed by atoms with Gasteiger partial charge in [0.25, 0.3) is 5.91 Å². The predicted molar refractivity (Wildman–Crippen MR) is 123 cm³/mol. The number of carbonyl (C=O) groups is 2. The molecular weight excluding hydrogens is 404 g/mol. The standard InChI is InChI=1S/C26H28N2O4/c1-2-31-22-16-14-19(15-17-22)24(25(29)27-20-9-6-7-10-20)28(21-11-4-3-5-12-21)26(30)23-13-8-18-32-23/h3-5,8,11-18,20,24H,2,6-7,9-10H2,1H3,(H,27,29)/t24-/m1/s1. The molecule has 0 radical (unpaired) electrons. The number of anilines is 1. The van der Waals surface area contributed by atoms with Gasteiger partial charge in [0, 0.05) is 11.7 Å². The van der Waals surface area contributed by atoms with Gasteiger partial charge in [0.1, 0.15) is 11.8 Å². The SMILES string of the molecule is CCOc1ccc([C@H](C(=O)NC2CCCC2)N(C(=O)c2ccco2)c2ccccc2)cc1. The molecule has 0 unspecified atom stereocenters. The Balaban J connectivity index is 1.76. The van der Waals surface area contributed by atoms with Crippen LogP contribution in [0, 0.1) is 0 Å². The summed E-state index contributed by atoms with van der Waals surface area (Å²) in [4.78, 5) is 28.7. The second kappa shape index (κ2) is 10.2. The number of amides is 2. The first-order valence-electron chi connectivity index (χ1n) is 11.1. The Hall–Kier alpha value is -3.54. The number of ether oxygens (including phenoxy) is 1. The molecule has 2 aromatic carbocycles. The van der Waals surface area contributed by atoms with Gasteiger partial charge in [-0.1, -0.05) is 43.2 Å². The first-order chi connectivity index (χ1) is 15.7. The van der Waals surface area contributed by atoms with Crippen molar-refractivity contribution in [1.82, 2.24) is 5.32 Å². The van der Waals surface area contributed by atoms with Crippen LogP contribution in [-0.2, 0) is 4.79 Å². The largest absolute Gasteiger partial charge is 0.494 e. The van der Waals surface area contributed by atoms with Crippen LogP contribution in [0.4, 0.5) is 5.69 Å². The molecule has 6 nitrogen and oxygen atoms in total. The number of para-hydroxylation sites is 1. The molecule has 0 saturated heterocycles. The van der Waals surface area contributed by atoms with E-state index in [9.17, 15) is 9.59 Å². The van der Waals surface area contributed by atoms with E-state index in [0.29, 0.717) is 17.9 Å². The summed E-state index contributed by atoms with van der Waals surface area (Å²) in [5.74, 6) is 0.319. The number of nitrogens with one attached hydrogen (secondary N) is 1. The average molecular weight is 433 g/mol. The van der Waals surface area contributed by atoms with Gasteiger partial charge in [-0.3, -0.25) is 14.5 Å². The van der Waals surface area contributed by atoms with Gasteiger partial charge in [-0.2, -0.15) is 0 Å². The highest BCUT2D eigenvalue weighted by Crippen LogP contribution is 2.31. The molecule has 1 fully saturated rings. The van der Waals surface area contributed by atoms with Gasteiger partial charge in [-0.05, 0) is 61.7 Å². The van der Waals surface area contributed by atoms with E-state index < -0.39 is 6.04 Å². The van der Waals surface area contributed by atoms with Crippen LogP contribution in [-0.4, -0.2) is 24.5 Å². The molecule has 1 heterocycles. The Labute approximate surface area is 188 Å². The molecule has 4 rings (SSSR count). The Morgan fingerprint density at radius 3 is 2.38 bits per heavy atom. The van der Waals surface area contributed by atoms with E-state index in [-0.39, 0.29) is 23.6 Å². The third-order valence-electron chi connectivity index (χ3n) is 5.70. The molecule has 2 amide bonds. The second-order valence-electron chi connectivity index (χ2n) is 7.88. The molecule has 1 atom stereocenters. The number of hydrogen-bond donors (Lipinski definition) is 1. The third kappa shape index (κ3) is 4.85. The van der Waals surface area contributed by atoms with Crippen LogP contribution in [0.5, 0.6) is 5.75 Å². The second-order valence-corrected chi connectivity index (χ2v) is 7.88.